The summed E-state index contributed by atoms with van der Waals surface area (Å²) in [7, 11) is -3.84. The first-order valence-electron chi connectivity index (χ1n) is 9.40. The van der Waals surface area contributed by atoms with Crippen LogP contribution in [-0.2, 0) is 23.1 Å². The Morgan fingerprint density at radius 3 is 2.50 bits per heavy atom. The van der Waals surface area contributed by atoms with Crippen LogP contribution in [0.4, 0.5) is 5.69 Å². The van der Waals surface area contributed by atoms with Crippen LogP contribution >= 0.6 is 0 Å². The largest absolute Gasteiger partial charge is 0.299 e. The summed E-state index contributed by atoms with van der Waals surface area (Å²) in [6, 6.07) is 11.8. The minimum Gasteiger partial charge on any atom is -0.299 e. The van der Waals surface area contributed by atoms with Gasteiger partial charge in [-0.2, -0.15) is 0 Å². The van der Waals surface area contributed by atoms with E-state index in [0.29, 0.717) is 5.56 Å². The second-order valence-electron chi connectivity index (χ2n) is 7.19. The molecular weight excluding hydrogens is 378 g/mol. The molecule has 1 saturated heterocycles. The SMILES string of the molecule is Cc1ccc(S(=O)(=O)NCc2cccc(CN3CCCCC3)c2)cc1[N+](=O)[O-]. The quantitative estimate of drug-likeness (QED) is 0.565. The van der Waals surface area contributed by atoms with E-state index in [1.165, 1.54) is 31.4 Å². The van der Waals surface area contributed by atoms with Crippen LogP contribution in [0.15, 0.2) is 47.4 Å². The van der Waals surface area contributed by atoms with Crippen LogP contribution in [-0.4, -0.2) is 31.3 Å². The number of nitrogens with one attached hydrogen (secondary N) is 1. The molecule has 1 aliphatic heterocycles. The summed E-state index contributed by atoms with van der Waals surface area (Å²) in [4.78, 5) is 12.8. The molecule has 1 N–H and O–H groups in total. The van der Waals surface area contributed by atoms with Crippen LogP contribution in [0.1, 0.15) is 36.0 Å². The summed E-state index contributed by atoms with van der Waals surface area (Å²) in [5.41, 5.74) is 2.24. The zero-order valence-electron chi connectivity index (χ0n) is 15.9. The number of nitro benzene ring substituents is 1. The number of nitro groups is 1. The predicted octanol–water partition coefficient (Wildman–Crippen LogP) is 3.37. The molecule has 1 heterocycles. The minimum atomic E-state index is -3.84. The van der Waals surface area contributed by atoms with Crippen molar-refractivity contribution in [2.45, 2.75) is 44.2 Å². The summed E-state index contributed by atoms with van der Waals surface area (Å²) >= 11 is 0. The molecule has 0 aliphatic carbocycles. The Balaban J connectivity index is 1.68. The number of rotatable bonds is 7. The van der Waals surface area contributed by atoms with E-state index >= 15 is 0 Å². The van der Waals surface area contributed by atoms with Crippen molar-refractivity contribution in [3.63, 3.8) is 0 Å². The molecule has 0 unspecified atom stereocenters. The van der Waals surface area contributed by atoms with Gasteiger partial charge in [0, 0.05) is 24.7 Å². The zero-order valence-corrected chi connectivity index (χ0v) is 16.7. The molecule has 150 valence electrons. The van der Waals surface area contributed by atoms with E-state index in [-0.39, 0.29) is 17.1 Å². The molecule has 2 aromatic rings. The van der Waals surface area contributed by atoms with Crippen molar-refractivity contribution in [1.29, 1.82) is 0 Å². The summed E-state index contributed by atoms with van der Waals surface area (Å²) in [5, 5.41) is 11.1. The monoisotopic (exact) mass is 403 g/mol. The van der Waals surface area contributed by atoms with E-state index in [2.05, 4.69) is 15.7 Å². The number of piperidine rings is 1. The van der Waals surface area contributed by atoms with E-state index < -0.39 is 14.9 Å². The molecule has 0 radical (unpaired) electrons. The topological polar surface area (TPSA) is 92.6 Å². The van der Waals surface area contributed by atoms with Crippen LogP contribution in [0.5, 0.6) is 0 Å². The van der Waals surface area contributed by atoms with Gasteiger partial charge in [-0.05, 0) is 50.0 Å². The number of benzene rings is 2. The molecule has 28 heavy (non-hydrogen) atoms. The Labute approximate surface area is 165 Å². The van der Waals surface area contributed by atoms with Crippen molar-refractivity contribution in [2.24, 2.45) is 0 Å². The molecule has 8 heteroatoms. The minimum absolute atomic E-state index is 0.103. The molecule has 0 bridgehead atoms. The van der Waals surface area contributed by atoms with Gasteiger partial charge >= 0.3 is 0 Å². The first kappa shape index (κ1) is 20.4. The van der Waals surface area contributed by atoms with Crippen molar-refractivity contribution in [1.82, 2.24) is 9.62 Å². The van der Waals surface area contributed by atoms with Crippen molar-refractivity contribution in [2.75, 3.05) is 13.1 Å². The van der Waals surface area contributed by atoms with E-state index in [4.69, 9.17) is 0 Å². The lowest BCUT2D eigenvalue weighted by atomic mass is 10.1. The van der Waals surface area contributed by atoms with Crippen molar-refractivity contribution >= 4 is 15.7 Å². The molecule has 0 saturated carbocycles. The number of sulfonamides is 1. The molecule has 1 aliphatic rings. The van der Waals surface area contributed by atoms with E-state index in [1.54, 1.807) is 6.92 Å². The fourth-order valence-electron chi connectivity index (χ4n) is 3.43. The van der Waals surface area contributed by atoms with Gasteiger partial charge in [-0.3, -0.25) is 15.0 Å². The van der Waals surface area contributed by atoms with Gasteiger partial charge in [-0.1, -0.05) is 36.8 Å². The maximum Gasteiger partial charge on any atom is 0.273 e. The fraction of sp³-hybridized carbons (Fsp3) is 0.400. The van der Waals surface area contributed by atoms with Crippen molar-refractivity contribution < 1.29 is 13.3 Å². The highest BCUT2D eigenvalue weighted by Crippen LogP contribution is 2.22. The number of hydrogen-bond donors (Lipinski definition) is 1. The molecule has 0 atom stereocenters. The Morgan fingerprint density at radius 1 is 1.07 bits per heavy atom. The normalized spacial score (nSPS) is 15.5. The lowest BCUT2D eigenvalue weighted by Crippen LogP contribution is -2.29. The van der Waals surface area contributed by atoms with Gasteiger partial charge in [-0.15, -0.1) is 0 Å². The predicted molar refractivity (Wildman–Crippen MR) is 107 cm³/mol. The van der Waals surface area contributed by atoms with Gasteiger partial charge in [0.15, 0.2) is 0 Å². The van der Waals surface area contributed by atoms with E-state index in [9.17, 15) is 18.5 Å². The summed E-state index contributed by atoms with van der Waals surface area (Å²) < 4.78 is 27.6. The summed E-state index contributed by atoms with van der Waals surface area (Å²) in [6.45, 7) is 4.78. The van der Waals surface area contributed by atoms with Crippen LogP contribution < -0.4 is 4.72 Å². The number of likely N-dealkylation sites (tertiary alicyclic amines) is 1. The van der Waals surface area contributed by atoms with E-state index in [1.807, 2.05) is 18.2 Å². The summed E-state index contributed by atoms with van der Waals surface area (Å²) in [6.07, 6.45) is 3.74. The Bertz CT molecular complexity index is 954. The fourth-order valence-corrected chi connectivity index (χ4v) is 4.47. The zero-order chi connectivity index (χ0) is 20.1. The molecule has 0 spiro atoms. The maximum absolute atomic E-state index is 12.6. The second kappa shape index (κ2) is 8.81. The Hall–Kier alpha value is -2.29. The summed E-state index contributed by atoms with van der Waals surface area (Å²) in [5.74, 6) is 0. The molecule has 0 aromatic heterocycles. The molecule has 0 amide bonds. The standard InChI is InChI=1S/C20H25N3O4S/c1-16-8-9-19(13-20(16)23(24)25)28(26,27)21-14-17-6-5-7-18(12-17)15-22-10-3-2-4-11-22/h5-9,12-13,21H,2-4,10-11,14-15H2,1H3. The van der Waals surface area contributed by atoms with Crippen molar-refractivity contribution in [3.8, 4) is 0 Å². The number of hydrogen-bond acceptors (Lipinski definition) is 5. The van der Waals surface area contributed by atoms with Gasteiger partial charge in [0.1, 0.15) is 0 Å². The lowest BCUT2D eigenvalue weighted by molar-refractivity contribution is -0.385. The highest BCUT2D eigenvalue weighted by Gasteiger charge is 2.19. The second-order valence-corrected chi connectivity index (χ2v) is 8.95. The van der Waals surface area contributed by atoms with Gasteiger partial charge in [0.05, 0.1) is 9.82 Å². The van der Waals surface area contributed by atoms with Crippen molar-refractivity contribution in [3.05, 3.63) is 69.3 Å². The van der Waals surface area contributed by atoms with Gasteiger partial charge in [0.25, 0.3) is 5.69 Å². The van der Waals surface area contributed by atoms with Crippen LogP contribution in [0, 0.1) is 17.0 Å². The first-order valence-corrected chi connectivity index (χ1v) is 10.9. The highest BCUT2D eigenvalue weighted by molar-refractivity contribution is 7.89. The maximum atomic E-state index is 12.6. The van der Waals surface area contributed by atoms with Gasteiger partial charge in [-0.25, -0.2) is 13.1 Å². The van der Waals surface area contributed by atoms with Gasteiger partial charge < -0.3 is 0 Å². The number of nitrogens with zero attached hydrogens (tertiary/aromatic N) is 2. The first-order chi connectivity index (χ1) is 13.3. The smallest absolute Gasteiger partial charge is 0.273 e. The Morgan fingerprint density at radius 2 is 1.79 bits per heavy atom. The Kier molecular flexibility index (Phi) is 6.43. The molecule has 2 aromatic carbocycles. The molecular formula is C20H25N3O4S. The highest BCUT2D eigenvalue weighted by atomic mass is 32.2. The third-order valence-electron chi connectivity index (χ3n) is 5.00. The van der Waals surface area contributed by atoms with Crippen LogP contribution in [0.3, 0.4) is 0 Å². The van der Waals surface area contributed by atoms with E-state index in [0.717, 1.165) is 36.8 Å². The molecule has 1 fully saturated rings. The average Bonchev–Trinajstić information content (AvgIpc) is 2.67. The third kappa shape index (κ3) is 5.15. The van der Waals surface area contributed by atoms with Crippen LogP contribution in [0.2, 0.25) is 0 Å². The molecule has 7 nitrogen and oxygen atoms in total. The molecule has 3 rings (SSSR count). The number of aryl methyl sites for hydroxylation is 1. The average molecular weight is 404 g/mol. The van der Waals surface area contributed by atoms with Gasteiger partial charge in [0.2, 0.25) is 10.0 Å². The van der Waals surface area contributed by atoms with Crippen LogP contribution in [0.25, 0.3) is 0 Å². The third-order valence-corrected chi connectivity index (χ3v) is 6.40. The lowest BCUT2D eigenvalue weighted by Gasteiger charge is -2.26.